The van der Waals surface area contributed by atoms with E-state index in [9.17, 15) is 8.42 Å². The first-order valence-corrected chi connectivity index (χ1v) is 7.51. The molecule has 106 valence electrons. The van der Waals surface area contributed by atoms with Crippen LogP contribution >= 0.6 is 0 Å². The smallest absolute Gasteiger partial charge is 0.240 e. The molecule has 1 aliphatic rings. The zero-order valence-electron chi connectivity index (χ0n) is 10.6. The van der Waals surface area contributed by atoms with Gasteiger partial charge in [-0.2, -0.15) is 0 Å². The molecule has 0 radical (unpaired) electrons. The molecule has 2 rings (SSSR count). The number of sulfonamides is 1. The highest BCUT2D eigenvalue weighted by Crippen LogP contribution is 2.32. The minimum absolute atomic E-state index is 0.0658. The summed E-state index contributed by atoms with van der Waals surface area (Å²) in [6.07, 6.45) is 0. The second-order valence-corrected chi connectivity index (χ2v) is 6.21. The highest BCUT2D eigenvalue weighted by atomic mass is 32.2. The van der Waals surface area contributed by atoms with E-state index >= 15 is 0 Å². The number of hydrogen-bond acceptors (Lipinski definition) is 5. The molecule has 0 saturated heterocycles. The predicted molar refractivity (Wildman–Crippen MR) is 68.9 cm³/mol. The third-order valence-corrected chi connectivity index (χ3v) is 4.18. The molecule has 0 saturated carbocycles. The van der Waals surface area contributed by atoms with Crippen molar-refractivity contribution in [2.75, 3.05) is 26.4 Å². The number of ether oxygens (including phenoxy) is 2. The van der Waals surface area contributed by atoms with Crippen LogP contribution < -0.4 is 14.2 Å². The standard InChI is InChI=1S/C12H17NO5S/c1-9(8-14)7-13-19(15,16)10-2-3-11-12(6-10)18-5-4-17-11/h2-3,6,9,13-14H,4-5,7-8H2,1H3. The second kappa shape index (κ2) is 5.77. The normalized spacial score (nSPS) is 16.1. The van der Waals surface area contributed by atoms with Gasteiger partial charge in [0.05, 0.1) is 4.90 Å². The SMILES string of the molecule is CC(CO)CNS(=O)(=O)c1ccc2c(c1)OCCO2. The van der Waals surface area contributed by atoms with Crippen molar-refractivity contribution >= 4 is 10.0 Å². The number of fused-ring (bicyclic) bond motifs is 1. The predicted octanol–water partition coefficient (Wildman–Crippen LogP) is 0.364. The van der Waals surface area contributed by atoms with Gasteiger partial charge >= 0.3 is 0 Å². The molecule has 1 heterocycles. The van der Waals surface area contributed by atoms with Crippen LogP contribution in [0.25, 0.3) is 0 Å². The Labute approximate surface area is 112 Å². The fraction of sp³-hybridized carbons (Fsp3) is 0.500. The molecule has 1 aromatic rings. The number of nitrogens with one attached hydrogen (secondary N) is 1. The van der Waals surface area contributed by atoms with Crippen LogP contribution in [0, 0.1) is 5.92 Å². The van der Waals surface area contributed by atoms with Gasteiger partial charge in [-0.15, -0.1) is 0 Å². The van der Waals surface area contributed by atoms with Crippen molar-refractivity contribution in [3.05, 3.63) is 18.2 Å². The first kappa shape index (κ1) is 14.1. The molecule has 0 fully saturated rings. The van der Waals surface area contributed by atoms with E-state index in [1.807, 2.05) is 0 Å². The Morgan fingerprint density at radius 2 is 2.00 bits per heavy atom. The number of rotatable bonds is 5. The summed E-state index contributed by atoms with van der Waals surface area (Å²) in [7, 11) is -3.60. The zero-order valence-corrected chi connectivity index (χ0v) is 11.4. The number of aliphatic hydroxyl groups excluding tert-OH is 1. The van der Waals surface area contributed by atoms with Gasteiger partial charge in [-0.1, -0.05) is 6.92 Å². The Hall–Kier alpha value is -1.31. The Kier molecular flexibility index (Phi) is 4.28. The number of hydrogen-bond donors (Lipinski definition) is 2. The first-order valence-electron chi connectivity index (χ1n) is 6.03. The maximum absolute atomic E-state index is 12.0. The van der Waals surface area contributed by atoms with Crippen molar-refractivity contribution < 1.29 is 23.0 Å². The molecule has 0 aliphatic carbocycles. The summed E-state index contributed by atoms with van der Waals surface area (Å²) in [5.41, 5.74) is 0. The highest BCUT2D eigenvalue weighted by molar-refractivity contribution is 7.89. The molecule has 1 unspecified atom stereocenters. The summed E-state index contributed by atoms with van der Waals surface area (Å²) in [5.74, 6) is 0.852. The molecular weight excluding hydrogens is 270 g/mol. The van der Waals surface area contributed by atoms with Gasteiger partial charge in [0, 0.05) is 19.2 Å². The largest absolute Gasteiger partial charge is 0.486 e. The minimum atomic E-state index is -3.60. The van der Waals surface area contributed by atoms with Crippen molar-refractivity contribution in [3.63, 3.8) is 0 Å². The van der Waals surface area contributed by atoms with Crippen LogP contribution in [-0.4, -0.2) is 39.9 Å². The van der Waals surface area contributed by atoms with Crippen molar-refractivity contribution in [2.24, 2.45) is 5.92 Å². The summed E-state index contributed by atoms with van der Waals surface area (Å²) in [6, 6.07) is 4.50. The lowest BCUT2D eigenvalue weighted by Crippen LogP contribution is -2.29. The van der Waals surface area contributed by atoms with E-state index in [1.54, 1.807) is 13.0 Å². The molecule has 19 heavy (non-hydrogen) atoms. The van der Waals surface area contributed by atoms with Gasteiger partial charge < -0.3 is 14.6 Å². The van der Waals surface area contributed by atoms with E-state index < -0.39 is 10.0 Å². The lowest BCUT2D eigenvalue weighted by molar-refractivity contribution is 0.171. The Morgan fingerprint density at radius 3 is 2.68 bits per heavy atom. The van der Waals surface area contributed by atoms with E-state index in [4.69, 9.17) is 14.6 Å². The van der Waals surface area contributed by atoms with E-state index in [1.165, 1.54) is 12.1 Å². The zero-order chi connectivity index (χ0) is 13.9. The van der Waals surface area contributed by atoms with E-state index in [0.29, 0.717) is 24.7 Å². The van der Waals surface area contributed by atoms with Gasteiger partial charge in [0.15, 0.2) is 11.5 Å². The van der Waals surface area contributed by atoms with Crippen molar-refractivity contribution in [1.82, 2.24) is 4.72 Å². The van der Waals surface area contributed by atoms with Crippen LogP contribution in [0.5, 0.6) is 11.5 Å². The van der Waals surface area contributed by atoms with E-state index in [0.717, 1.165) is 0 Å². The quantitative estimate of drug-likeness (QED) is 0.817. The summed E-state index contributed by atoms with van der Waals surface area (Å²) in [4.78, 5) is 0.127. The highest BCUT2D eigenvalue weighted by Gasteiger charge is 2.19. The Balaban J connectivity index is 2.16. The Bertz CT molecular complexity index is 543. The third-order valence-electron chi connectivity index (χ3n) is 2.76. The monoisotopic (exact) mass is 287 g/mol. The molecule has 6 nitrogen and oxygen atoms in total. The fourth-order valence-corrected chi connectivity index (χ4v) is 2.77. The molecule has 2 N–H and O–H groups in total. The maximum atomic E-state index is 12.0. The van der Waals surface area contributed by atoms with E-state index in [-0.39, 0.29) is 24.0 Å². The van der Waals surface area contributed by atoms with Crippen molar-refractivity contribution in [3.8, 4) is 11.5 Å². The van der Waals surface area contributed by atoms with Crippen LogP contribution in [-0.2, 0) is 10.0 Å². The lowest BCUT2D eigenvalue weighted by atomic mass is 10.2. The summed E-state index contributed by atoms with van der Waals surface area (Å²) >= 11 is 0. The third kappa shape index (κ3) is 3.37. The summed E-state index contributed by atoms with van der Waals surface area (Å²) < 4.78 is 37.2. The summed E-state index contributed by atoms with van der Waals surface area (Å²) in [6.45, 7) is 2.75. The molecule has 1 aromatic carbocycles. The van der Waals surface area contributed by atoms with Crippen LogP contribution in [0.4, 0.5) is 0 Å². The second-order valence-electron chi connectivity index (χ2n) is 4.45. The van der Waals surface area contributed by atoms with Gasteiger partial charge in [-0.3, -0.25) is 0 Å². The minimum Gasteiger partial charge on any atom is -0.486 e. The average Bonchev–Trinajstić information content (AvgIpc) is 2.44. The maximum Gasteiger partial charge on any atom is 0.240 e. The van der Waals surface area contributed by atoms with Gasteiger partial charge in [0.1, 0.15) is 13.2 Å². The van der Waals surface area contributed by atoms with Crippen LogP contribution in [0.15, 0.2) is 23.1 Å². The van der Waals surface area contributed by atoms with Gasteiger partial charge in [-0.25, -0.2) is 13.1 Å². The molecule has 7 heteroatoms. The van der Waals surface area contributed by atoms with Crippen LogP contribution in [0.1, 0.15) is 6.92 Å². The molecule has 0 spiro atoms. The molecule has 0 amide bonds. The Morgan fingerprint density at radius 1 is 1.32 bits per heavy atom. The van der Waals surface area contributed by atoms with Crippen molar-refractivity contribution in [2.45, 2.75) is 11.8 Å². The average molecular weight is 287 g/mol. The van der Waals surface area contributed by atoms with Crippen LogP contribution in [0.3, 0.4) is 0 Å². The summed E-state index contributed by atoms with van der Waals surface area (Å²) in [5, 5.41) is 8.89. The number of benzene rings is 1. The first-order chi connectivity index (χ1) is 9.03. The van der Waals surface area contributed by atoms with Crippen LogP contribution in [0.2, 0.25) is 0 Å². The van der Waals surface area contributed by atoms with Crippen molar-refractivity contribution in [1.29, 1.82) is 0 Å². The molecule has 0 bridgehead atoms. The molecule has 1 aliphatic heterocycles. The van der Waals surface area contributed by atoms with E-state index in [2.05, 4.69) is 4.72 Å². The topological polar surface area (TPSA) is 84.9 Å². The number of aliphatic hydroxyl groups is 1. The van der Waals surface area contributed by atoms with Gasteiger partial charge in [0.25, 0.3) is 0 Å². The lowest BCUT2D eigenvalue weighted by Gasteiger charge is -2.19. The molecular formula is C12H17NO5S. The molecule has 0 aromatic heterocycles. The van der Waals surface area contributed by atoms with Gasteiger partial charge in [-0.05, 0) is 18.1 Å². The fourth-order valence-electron chi connectivity index (χ4n) is 1.59. The van der Waals surface area contributed by atoms with Gasteiger partial charge in [0.2, 0.25) is 10.0 Å². The molecule has 1 atom stereocenters.